The number of piperidine rings is 1. The van der Waals surface area contributed by atoms with Crippen molar-refractivity contribution >= 4 is 59.1 Å². The molecular weight excluding hydrogens is 1020 g/mol. The smallest absolute Gasteiger partial charge is 0.329 e. The predicted octanol–water partition coefficient (Wildman–Crippen LogP) is 2.23. The SMILES string of the molecule is CC[C@@H](C)[C@H]1C(=O)NCC(=O)N(C)[C@@H](C(C)C)C(=O)N[C@@H](Cc2ccc(OC)cc2)C(=O)O[C@H](C)C(=O)N2CCCC[C@H]2C(=O)N(C)[C@@H](C(C)C)C(=O)N[C@@H](C(C)C)C(=O)N(C)[C@@H](CCO)C(=O)N(C)[C@@H]([C@@H](C)CC)C(=O)N1C. The molecule has 9 amide bonds. The van der Waals surface area contributed by atoms with Gasteiger partial charge in [0.25, 0.3) is 5.91 Å². The molecule has 444 valence electrons. The number of hydrogen-bond acceptors (Lipinski definition) is 13. The largest absolute Gasteiger partial charge is 0.497 e. The van der Waals surface area contributed by atoms with Crippen LogP contribution in [0.25, 0.3) is 0 Å². The van der Waals surface area contributed by atoms with E-state index in [9.17, 15) is 53.1 Å². The zero-order chi connectivity index (χ0) is 59.9. The molecule has 2 fully saturated rings. The number of ether oxygens (including phenoxy) is 2. The van der Waals surface area contributed by atoms with Crippen molar-refractivity contribution in [2.75, 3.05) is 62.0 Å². The summed E-state index contributed by atoms with van der Waals surface area (Å²) >= 11 is 0. The highest BCUT2D eigenvalue weighted by atomic mass is 16.5. The first kappa shape index (κ1) is 67.0. The van der Waals surface area contributed by atoms with Crippen LogP contribution in [0, 0.1) is 29.6 Å². The van der Waals surface area contributed by atoms with Crippen molar-refractivity contribution in [3.63, 3.8) is 0 Å². The second-order valence-electron chi connectivity index (χ2n) is 22.6. The normalized spacial score (nSPS) is 27.0. The van der Waals surface area contributed by atoms with E-state index in [1.165, 1.54) is 73.8 Å². The lowest BCUT2D eigenvalue weighted by molar-refractivity contribution is -0.165. The molecular formula is C57H93N9O13. The minimum Gasteiger partial charge on any atom is -0.497 e. The van der Waals surface area contributed by atoms with E-state index < -0.39 is 156 Å². The third-order valence-corrected chi connectivity index (χ3v) is 15.9. The average molecular weight is 1110 g/mol. The van der Waals surface area contributed by atoms with Crippen LogP contribution in [0.1, 0.15) is 120 Å². The molecule has 22 nitrogen and oxygen atoms in total. The van der Waals surface area contributed by atoms with Gasteiger partial charge in [-0.2, -0.15) is 0 Å². The summed E-state index contributed by atoms with van der Waals surface area (Å²) in [7, 11) is 8.60. The summed E-state index contributed by atoms with van der Waals surface area (Å²) in [6, 6.07) is -2.92. The van der Waals surface area contributed by atoms with E-state index in [2.05, 4.69) is 16.0 Å². The third kappa shape index (κ3) is 16.6. The Morgan fingerprint density at radius 2 is 1.15 bits per heavy atom. The van der Waals surface area contributed by atoms with Crippen molar-refractivity contribution in [3.8, 4) is 5.75 Å². The van der Waals surface area contributed by atoms with E-state index in [4.69, 9.17) is 9.47 Å². The van der Waals surface area contributed by atoms with Gasteiger partial charge in [0.15, 0.2) is 6.10 Å². The molecule has 0 unspecified atom stereocenters. The zero-order valence-corrected chi connectivity index (χ0v) is 50.0. The van der Waals surface area contributed by atoms with E-state index in [1.807, 2.05) is 13.8 Å². The summed E-state index contributed by atoms with van der Waals surface area (Å²) in [5, 5.41) is 18.6. The minimum absolute atomic E-state index is 0.101. The Balaban J connectivity index is 2.26. The van der Waals surface area contributed by atoms with Crippen LogP contribution in [-0.2, 0) is 59.1 Å². The van der Waals surface area contributed by atoms with Crippen LogP contribution in [-0.4, -0.2) is 210 Å². The maximum Gasteiger partial charge on any atom is 0.329 e. The van der Waals surface area contributed by atoms with Crippen molar-refractivity contribution in [3.05, 3.63) is 29.8 Å². The Morgan fingerprint density at radius 1 is 0.620 bits per heavy atom. The number of aliphatic hydroxyl groups is 1. The van der Waals surface area contributed by atoms with Gasteiger partial charge in [-0.05, 0) is 79.9 Å². The number of amides is 9. The number of methoxy groups -OCH3 is 1. The second kappa shape index (κ2) is 30.3. The van der Waals surface area contributed by atoms with E-state index in [0.29, 0.717) is 37.0 Å². The van der Waals surface area contributed by atoms with Crippen molar-refractivity contribution in [1.29, 1.82) is 0 Å². The fourth-order valence-corrected chi connectivity index (χ4v) is 10.7. The topological polar surface area (TPSA) is 265 Å². The van der Waals surface area contributed by atoms with Gasteiger partial charge in [0.2, 0.25) is 47.3 Å². The number of nitrogens with zero attached hydrogens (tertiary/aromatic N) is 6. The average Bonchev–Trinajstić information content (AvgIpc) is 3.41. The maximum atomic E-state index is 14.9. The van der Waals surface area contributed by atoms with Crippen molar-refractivity contribution < 1.29 is 62.5 Å². The predicted molar refractivity (Wildman–Crippen MR) is 296 cm³/mol. The monoisotopic (exact) mass is 1110 g/mol. The minimum atomic E-state index is -1.45. The molecule has 0 spiro atoms. The van der Waals surface area contributed by atoms with E-state index >= 15 is 0 Å². The molecule has 3 rings (SSSR count). The first-order valence-electron chi connectivity index (χ1n) is 28.0. The van der Waals surface area contributed by atoms with Crippen molar-refractivity contribution in [2.45, 2.75) is 176 Å². The van der Waals surface area contributed by atoms with Gasteiger partial charge < -0.3 is 59.9 Å². The molecule has 2 aliphatic rings. The summed E-state index contributed by atoms with van der Waals surface area (Å²) in [5.74, 6) is -8.90. The van der Waals surface area contributed by atoms with Gasteiger partial charge in [-0.25, -0.2) is 4.79 Å². The van der Waals surface area contributed by atoms with Crippen LogP contribution in [0.3, 0.4) is 0 Å². The molecule has 1 aromatic carbocycles. The number of likely N-dealkylation sites (N-methyl/N-ethyl adjacent to an activating group) is 5. The zero-order valence-electron chi connectivity index (χ0n) is 50.0. The summed E-state index contributed by atoms with van der Waals surface area (Å²) in [4.78, 5) is 153. The van der Waals surface area contributed by atoms with Crippen LogP contribution in [0.2, 0.25) is 0 Å². The lowest BCUT2D eigenvalue weighted by atomic mass is 9.92. The Bertz CT molecular complexity index is 2300. The molecule has 2 heterocycles. The number of esters is 1. The van der Waals surface area contributed by atoms with Crippen LogP contribution in [0.5, 0.6) is 5.75 Å². The molecule has 2 saturated heterocycles. The highest BCUT2D eigenvalue weighted by molar-refractivity contribution is 5.99. The lowest BCUT2D eigenvalue weighted by Gasteiger charge is -2.41. The van der Waals surface area contributed by atoms with Crippen molar-refractivity contribution in [2.24, 2.45) is 29.6 Å². The Kier molecular flexibility index (Phi) is 25.7. The summed E-state index contributed by atoms with van der Waals surface area (Å²) < 4.78 is 11.2. The quantitative estimate of drug-likeness (QED) is 0.219. The van der Waals surface area contributed by atoms with E-state index in [-0.39, 0.29) is 25.8 Å². The second-order valence-corrected chi connectivity index (χ2v) is 22.6. The molecule has 0 aromatic heterocycles. The molecule has 4 N–H and O–H groups in total. The van der Waals surface area contributed by atoms with Gasteiger partial charge >= 0.3 is 5.97 Å². The molecule has 1 aromatic rings. The molecule has 0 aliphatic carbocycles. The molecule has 0 saturated carbocycles. The molecule has 2 aliphatic heterocycles. The summed E-state index contributed by atoms with van der Waals surface area (Å²) in [6.45, 7) is 17.9. The number of fused-ring (bicyclic) bond motifs is 1. The van der Waals surface area contributed by atoms with E-state index in [0.717, 1.165) is 4.90 Å². The Morgan fingerprint density at radius 3 is 1.68 bits per heavy atom. The number of nitrogens with one attached hydrogen (secondary N) is 3. The molecule has 0 radical (unpaired) electrons. The van der Waals surface area contributed by atoms with Gasteiger partial charge in [-0.1, -0.05) is 94.2 Å². The van der Waals surface area contributed by atoms with Gasteiger partial charge in [-0.3, -0.25) is 43.2 Å². The number of carbonyl (C=O) groups excluding carboxylic acids is 10. The standard InChI is InChI=1S/C57H93N9O13/c1-18-35(9)47-49(69)58-31-43(68)62(13)45(33(5)6)50(70)59-40(30-38-23-25-39(78-17)26-24-38)57(77)79-37(11)52(72)66-28-21-20-22-42(66)54(74)63(14)46(34(7)8)51(71)60-44(32(3)4)55(75)61(12)41(27-29-67)53(73)65(16)48(36(10)19-2)56(76)64(47)15/h23-26,32-37,40-42,44-48,67H,18-22,27-31H2,1-17H3,(H,58,69)(H,59,70)(H,60,71)/t35-,36+,37-,40+,41+,42+,44+,45+,46+,47+,48+/m1/s1. The van der Waals surface area contributed by atoms with Gasteiger partial charge in [-0.15, -0.1) is 0 Å². The number of hydrogen-bond donors (Lipinski definition) is 4. The van der Waals surface area contributed by atoms with Gasteiger partial charge in [0.1, 0.15) is 54.1 Å². The molecule has 11 atom stereocenters. The fourth-order valence-electron chi connectivity index (χ4n) is 10.7. The Hall–Kier alpha value is -6.32. The molecule has 22 heteroatoms. The maximum absolute atomic E-state index is 14.9. The highest BCUT2D eigenvalue weighted by Crippen LogP contribution is 2.26. The first-order valence-corrected chi connectivity index (χ1v) is 28.0. The van der Waals surface area contributed by atoms with Crippen LogP contribution >= 0.6 is 0 Å². The number of benzene rings is 1. The Labute approximate surface area is 468 Å². The summed E-state index contributed by atoms with van der Waals surface area (Å²) in [6.07, 6.45) is 0.388. The lowest BCUT2D eigenvalue weighted by Crippen LogP contribution is -2.63. The number of cyclic esters (lactones) is 1. The number of rotatable bonds is 12. The highest BCUT2D eigenvalue weighted by Gasteiger charge is 2.45. The van der Waals surface area contributed by atoms with Crippen LogP contribution < -0.4 is 20.7 Å². The summed E-state index contributed by atoms with van der Waals surface area (Å²) in [5.41, 5.74) is 0.593. The van der Waals surface area contributed by atoms with Crippen molar-refractivity contribution in [1.82, 2.24) is 45.3 Å². The van der Waals surface area contributed by atoms with Crippen LogP contribution in [0.15, 0.2) is 24.3 Å². The molecule has 0 bridgehead atoms. The van der Waals surface area contributed by atoms with Gasteiger partial charge in [0.05, 0.1) is 13.7 Å². The fraction of sp³-hybridized carbons (Fsp3) is 0.719. The van der Waals surface area contributed by atoms with Crippen LogP contribution in [0.4, 0.5) is 0 Å². The molecule has 79 heavy (non-hydrogen) atoms. The van der Waals surface area contributed by atoms with Gasteiger partial charge in [0, 0.05) is 54.8 Å². The first-order chi connectivity index (χ1) is 37.0. The number of aliphatic hydroxyl groups excluding tert-OH is 1. The van der Waals surface area contributed by atoms with E-state index in [1.54, 1.807) is 79.7 Å². The number of carbonyl (C=O) groups is 10. The third-order valence-electron chi connectivity index (χ3n) is 15.9.